The Labute approximate surface area is 194 Å². The summed E-state index contributed by atoms with van der Waals surface area (Å²) in [6, 6.07) is 12.8. The summed E-state index contributed by atoms with van der Waals surface area (Å²) in [5.74, 6) is -0.962. The lowest BCUT2D eigenvalue weighted by molar-refractivity contribution is 0.0951. The fraction of sp³-hybridized carbons (Fsp3) is 0.167. The molecule has 2 heterocycles. The first-order chi connectivity index (χ1) is 16.3. The summed E-state index contributed by atoms with van der Waals surface area (Å²) >= 11 is 0. The predicted molar refractivity (Wildman–Crippen MR) is 122 cm³/mol. The number of amides is 1. The van der Waals surface area contributed by atoms with E-state index in [-0.39, 0.29) is 33.9 Å². The molecule has 8 nitrogen and oxygen atoms in total. The van der Waals surface area contributed by atoms with E-state index in [1.807, 2.05) is 0 Å². The molecule has 2 aromatic carbocycles. The van der Waals surface area contributed by atoms with Crippen LogP contribution in [0.25, 0.3) is 28.2 Å². The Balaban J connectivity index is 1.73. The maximum absolute atomic E-state index is 14.3. The number of hydrogen-bond donors (Lipinski definition) is 1. The second kappa shape index (κ2) is 8.04. The van der Waals surface area contributed by atoms with Gasteiger partial charge in [-0.2, -0.15) is 5.26 Å². The maximum atomic E-state index is 14.3. The zero-order valence-electron chi connectivity index (χ0n) is 18.0. The molecule has 0 radical (unpaired) electrons. The molecule has 34 heavy (non-hydrogen) atoms. The van der Waals surface area contributed by atoms with Crippen molar-refractivity contribution in [1.82, 2.24) is 19.7 Å². The summed E-state index contributed by atoms with van der Waals surface area (Å²) < 4.78 is 40.9. The van der Waals surface area contributed by atoms with Crippen molar-refractivity contribution < 1.29 is 17.6 Å². The monoisotopic (exact) mass is 475 g/mol. The van der Waals surface area contributed by atoms with Gasteiger partial charge in [-0.3, -0.25) is 9.20 Å². The molecular weight excluding hydrogens is 457 g/mol. The molecule has 5 rings (SSSR count). The molecule has 1 fully saturated rings. The van der Waals surface area contributed by atoms with Gasteiger partial charge in [0.2, 0.25) is 0 Å². The summed E-state index contributed by atoms with van der Waals surface area (Å²) in [6.07, 6.45) is 5.93. The van der Waals surface area contributed by atoms with E-state index in [0.717, 1.165) is 25.2 Å². The van der Waals surface area contributed by atoms with Crippen LogP contribution >= 0.6 is 0 Å². The van der Waals surface area contributed by atoms with E-state index in [2.05, 4.69) is 15.3 Å². The number of nitrogens with zero attached hydrogens (tertiary/aromatic N) is 4. The van der Waals surface area contributed by atoms with Crippen molar-refractivity contribution in [3.05, 3.63) is 71.8 Å². The Morgan fingerprint density at radius 3 is 2.68 bits per heavy atom. The summed E-state index contributed by atoms with van der Waals surface area (Å²) in [6.45, 7) is 0. The highest BCUT2D eigenvalue weighted by molar-refractivity contribution is 7.90. The number of benzene rings is 2. The van der Waals surface area contributed by atoms with E-state index in [0.29, 0.717) is 22.4 Å². The molecule has 1 aliphatic rings. The molecule has 1 amide bonds. The second-order valence-corrected chi connectivity index (χ2v) is 10.1. The van der Waals surface area contributed by atoms with Crippen LogP contribution < -0.4 is 5.32 Å². The molecule has 2 aromatic heterocycles. The normalized spacial score (nSPS) is 13.6. The van der Waals surface area contributed by atoms with E-state index in [1.54, 1.807) is 36.5 Å². The van der Waals surface area contributed by atoms with Crippen LogP contribution in [0, 0.1) is 17.1 Å². The molecule has 0 aliphatic heterocycles. The van der Waals surface area contributed by atoms with Crippen LogP contribution in [0.15, 0.2) is 59.9 Å². The molecular formula is C24H18FN5O3S. The van der Waals surface area contributed by atoms with Crippen LogP contribution in [0.2, 0.25) is 0 Å². The van der Waals surface area contributed by atoms with Gasteiger partial charge in [-0.25, -0.2) is 22.8 Å². The smallest absolute Gasteiger partial charge is 0.252 e. The summed E-state index contributed by atoms with van der Waals surface area (Å²) in [5.41, 5.74) is 1.91. The number of halogens is 1. The molecule has 170 valence electrons. The van der Waals surface area contributed by atoms with Crippen molar-refractivity contribution in [3.8, 4) is 28.6 Å². The Morgan fingerprint density at radius 2 is 2.00 bits per heavy atom. The largest absolute Gasteiger partial charge is 0.349 e. The predicted octanol–water partition coefficient (Wildman–Crippen LogP) is 3.37. The number of carbonyl (C=O) groups is 1. The minimum Gasteiger partial charge on any atom is -0.349 e. The van der Waals surface area contributed by atoms with Gasteiger partial charge in [-0.1, -0.05) is 24.3 Å². The molecule has 1 N–H and O–H groups in total. The number of aromatic nitrogens is 3. The number of nitrogens with one attached hydrogen (secondary N) is 1. The lowest BCUT2D eigenvalue weighted by Gasteiger charge is -2.12. The van der Waals surface area contributed by atoms with Crippen LogP contribution in [-0.2, 0) is 9.84 Å². The lowest BCUT2D eigenvalue weighted by atomic mass is 10.0. The minimum atomic E-state index is -3.81. The van der Waals surface area contributed by atoms with Crippen molar-refractivity contribution in [3.63, 3.8) is 0 Å². The standard InChI is InChI=1S/C24H18FN5O3S/c1-34(32,33)24-22-27-12-21(17-4-2-3-5-18(17)23(31)28-16-8-9-16)30(22)13-20(29-24)14-6-7-15(11-26)19(25)10-14/h2-7,10,12-13,16H,8-9H2,1H3,(H,28,31). The van der Waals surface area contributed by atoms with E-state index < -0.39 is 15.7 Å². The molecule has 0 spiro atoms. The highest BCUT2D eigenvalue weighted by Crippen LogP contribution is 2.30. The van der Waals surface area contributed by atoms with Gasteiger partial charge in [0.1, 0.15) is 11.9 Å². The number of nitriles is 1. The summed E-state index contributed by atoms with van der Waals surface area (Å²) in [7, 11) is -3.81. The third kappa shape index (κ3) is 3.91. The van der Waals surface area contributed by atoms with E-state index >= 15 is 0 Å². The zero-order chi connectivity index (χ0) is 24.0. The van der Waals surface area contributed by atoms with Crippen LogP contribution in [0.1, 0.15) is 28.8 Å². The van der Waals surface area contributed by atoms with Gasteiger partial charge in [0.05, 0.1) is 23.1 Å². The third-order valence-corrected chi connectivity index (χ3v) is 6.53. The highest BCUT2D eigenvalue weighted by Gasteiger charge is 2.26. The van der Waals surface area contributed by atoms with Gasteiger partial charge in [-0.05, 0) is 31.0 Å². The average molecular weight is 476 g/mol. The van der Waals surface area contributed by atoms with Crippen LogP contribution in [0.3, 0.4) is 0 Å². The van der Waals surface area contributed by atoms with Gasteiger partial charge in [0.25, 0.3) is 5.91 Å². The molecule has 1 saturated carbocycles. The Morgan fingerprint density at radius 1 is 1.24 bits per heavy atom. The Bertz CT molecular complexity index is 1620. The minimum absolute atomic E-state index is 0.0905. The second-order valence-electron chi connectivity index (χ2n) is 8.14. The Kier molecular flexibility index (Phi) is 5.14. The summed E-state index contributed by atoms with van der Waals surface area (Å²) in [5, 5.41) is 11.7. The van der Waals surface area contributed by atoms with E-state index in [1.165, 1.54) is 22.7 Å². The van der Waals surface area contributed by atoms with Crippen molar-refractivity contribution in [2.24, 2.45) is 0 Å². The lowest BCUT2D eigenvalue weighted by Crippen LogP contribution is -2.25. The van der Waals surface area contributed by atoms with Crippen LogP contribution in [0.5, 0.6) is 0 Å². The van der Waals surface area contributed by atoms with E-state index in [4.69, 9.17) is 5.26 Å². The first-order valence-corrected chi connectivity index (χ1v) is 12.3. The number of imidazole rings is 1. The topological polar surface area (TPSA) is 117 Å². The van der Waals surface area contributed by atoms with Crippen molar-refractivity contribution in [2.75, 3.05) is 6.26 Å². The van der Waals surface area contributed by atoms with E-state index in [9.17, 15) is 17.6 Å². The van der Waals surface area contributed by atoms with Gasteiger partial charge < -0.3 is 5.32 Å². The van der Waals surface area contributed by atoms with Crippen molar-refractivity contribution >= 4 is 21.4 Å². The molecule has 4 aromatic rings. The van der Waals surface area contributed by atoms with Crippen molar-refractivity contribution in [1.29, 1.82) is 5.26 Å². The molecule has 0 saturated heterocycles. The summed E-state index contributed by atoms with van der Waals surface area (Å²) in [4.78, 5) is 21.4. The average Bonchev–Trinajstić information content (AvgIpc) is 3.52. The maximum Gasteiger partial charge on any atom is 0.252 e. The molecule has 0 atom stereocenters. The van der Waals surface area contributed by atoms with Crippen LogP contribution in [0.4, 0.5) is 4.39 Å². The number of sulfone groups is 1. The number of hydrogen-bond acceptors (Lipinski definition) is 6. The van der Waals surface area contributed by atoms with Gasteiger partial charge in [-0.15, -0.1) is 0 Å². The third-order valence-electron chi connectivity index (χ3n) is 5.56. The Hall–Kier alpha value is -4.10. The number of carbonyl (C=O) groups excluding carboxylic acids is 1. The van der Waals surface area contributed by atoms with Gasteiger partial charge >= 0.3 is 0 Å². The van der Waals surface area contributed by atoms with Gasteiger partial charge in [0, 0.05) is 35.2 Å². The first-order valence-electron chi connectivity index (χ1n) is 10.4. The molecule has 0 unspecified atom stereocenters. The molecule has 1 aliphatic carbocycles. The number of fused-ring (bicyclic) bond motifs is 1. The molecule has 0 bridgehead atoms. The zero-order valence-corrected chi connectivity index (χ0v) is 18.8. The SMILES string of the molecule is CS(=O)(=O)c1nc(-c2ccc(C#N)c(F)c2)cn2c(-c3ccccc3C(=O)NC3CC3)cnc12. The quantitative estimate of drug-likeness (QED) is 0.473. The fourth-order valence-electron chi connectivity index (χ4n) is 3.71. The number of rotatable bonds is 5. The highest BCUT2D eigenvalue weighted by atomic mass is 32.2. The van der Waals surface area contributed by atoms with Crippen LogP contribution in [-0.4, -0.2) is 41.0 Å². The van der Waals surface area contributed by atoms with Gasteiger partial charge in [0.15, 0.2) is 20.5 Å². The first kappa shape index (κ1) is 21.7. The van der Waals surface area contributed by atoms with Crippen molar-refractivity contribution in [2.45, 2.75) is 23.9 Å². The molecule has 10 heteroatoms. The fourth-order valence-corrected chi connectivity index (χ4v) is 4.45.